The summed E-state index contributed by atoms with van der Waals surface area (Å²) in [5.41, 5.74) is 1.80. The predicted octanol–water partition coefficient (Wildman–Crippen LogP) is 3.40. The summed E-state index contributed by atoms with van der Waals surface area (Å²) in [5.74, 6) is 0.295. The van der Waals surface area contributed by atoms with Gasteiger partial charge in [0.15, 0.2) is 0 Å². The number of amides is 1. The van der Waals surface area contributed by atoms with Crippen LogP contribution >= 0.6 is 0 Å². The third kappa shape index (κ3) is 4.71. The highest BCUT2D eigenvalue weighted by molar-refractivity contribution is 5.69. The molecule has 4 rings (SSSR count). The number of likely N-dealkylation sites (tertiary alicyclic amines) is 1. The molecule has 6 nitrogen and oxygen atoms in total. The van der Waals surface area contributed by atoms with Gasteiger partial charge in [-0.3, -0.25) is 9.80 Å². The lowest BCUT2D eigenvalue weighted by atomic mass is 9.85. The number of carbonyl (C=O) groups excluding carboxylic acids is 1. The van der Waals surface area contributed by atoms with Crippen LogP contribution in [0, 0.1) is 0 Å². The summed E-state index contributed by atoms with van der Waals surface area (Å²) in [4.78, 5) is 17.1. The number of piperidine rings is 1. The van der Waals surface area contributed by atoms with E-state index in [-0.39, 0.29) is 18.2 Å². The molecule has 1 N–H and O–H groups in total. The molecule has 0 aliphatic carbocycles. The number of benzene rings is 2. The van der Waals surface area contributed by atoms with Gasteiger partial charge in [0.25, 0.3) is 0 Å². The van der Waals surface area contributed by atoms with E-state index in [4.69, 9.17) is 9.47 Å². The Bertz CT molecular complexity index is 819. The fourth-order valence-electron chi connectivity index (χ4n) is 4.27. The van der Waals surface area contributed by atoms with E-state index in [9.17, 15) is 9.90 Å². The van der Waals surface area contributed by atoms with Crippen molar-refractivity contribution >= 4 is 6.09 Å². The molecule has 0 saturated carbocycles. The van der Waals surface area contributed by atoms with Crippen LogP contribution in [0.4, 0.5) is 4.79 Å². The van der Waals surface area contributed by atoms with Crippen LogP contribution in [0.15, 0.2) is 54.6 Å². The maximum absolute atomic E-state index is 12.9. The van der Waals surface area contributed by atoms with Gasteiger partial charge in [0.05, 0.1) is 18.8 Å². The smallest absolute Gasteiger partial charge is 0.410 e. The zero-order chi connectivity index (χ0) is 20.1. The Balaban J connectivity index is 1.36. The van der Waals surface area contributed by atoms with E-state index >= 15 is 0 Å². The lowest BCUT2D eigenvalue weighted by molar-refractivity contribution is -0.0871. The van der Waals surface area contributed by atoms with E-state index in [1.54, 1.807) is 12.1 Å². The van der Waals surface area contributed by atoms with Crippen molar-refractivity contribution in [3.8, 4) is 5.75 Å². The van der Waals surface area contributed by atoms with Crippen LogP contribution in [0.1, 0.15) is 24.0 Å². The van der Waals surface area contributed by atoms with Gasteiger partial charge < -0.3 is 14.6 Å². The molecule has 2 aromatic rings. The Morgan fingerprint density at radius 2 is 1.79 bits per heavy atom. The minimum Gasteiger partial charge on any atom is -0.508 e. The largest absolute Gasteiger partial charge is 0.508 e. The second-order valence-corrected chi connectivity index (χ2v) is 7.91. The molecule has 2 heterocycles. The standard InChI is InChI=1S/C23H28N2O4/c26-21-8-4-7-20(15-21)16-24-11-9-23(10-12-24)18-28-14-13-25(23)22(27)29-17-19-5-2-1-3-6-19/h1-8,15,26H,9-14,16-18H2. The Labute approximate surface area is 171 Å². The van der Waals surface area contributed by atoms with Crippen LogP contribution in [0.25, 0.3) is 0 Å². The molecular formula is C23H28N2O4. The number of ether oxygens (including phenoxy) is 2. The van der Waals surface area contributed by atoms with Crippen molar-refractivity contribution in [3.63, 3.8) is 0 Å². The molecule has 0 atom stereocenters. The zero-order valence-corrected chi connectivity index (χ0v) is 16.6. The number of aromatic hydroxyl groups is 1. The Kier molecular flexibility index (Phi) is 6.02. The summed E-state index contributed by atoms with van der Waals surface area (Å²) in [6, 6.07) is 17.2. The first-order chi connectivity index (χ1) is 14.1. The first kappa shape index (κ1) is 19.7. The van der Waals surface area contributed by atoms with Crippen molar-refractivity contribution in [1.29, 1.82) is 0 Å². The fraction of sp³-hybridized carbons (Fsp3) is 0.435. The number of hydrogen-bond acceptors (Lipinski definition) is 5. The van der Waals surface area contributed by atoms with Gasteiger partial charge in [0.2, 0.25) is 0 Å². The van der Waals surface area contributed by atoms with Gasteiger partial charge in [0.1, 0.15) is 12.4 Å². The van der Waals surface area contributed by atoms with E-state index in [2.05, 4.69) is 4.90 Å². The first-order valence-electron chi connectivity index (χ1n) is 10.2. The van der Waals surface area contributed by atoms with E-state index in [0.29, 0.717) is 25.5 Å². The number of phenolic OH excluding ortho intramolecular Hbond substituents is 1. The maximum atomic E-state index is 12.9. The first-order valence-corrected chi connectivity index (χ1v) is 10.2. The molecule has 0 bridgehead atoms. The minimum absolute atomic E-state index is 0.251. The van der Waals surface area contributed by atoms with Crippen molar-refractivity contribution in [2.75, 3.05) is 32.8 Å². The lowest BCUT2D eigenvalue weighted by Gasteiger charge is -2.50. The molecule has 2 fully saturated rings. The van der Waals surface area contributed by atoms with Crippen LogP contribution in [0.5, 0.6) is 5.75 Å². The number of carbonyl (C=O) groups is 1. The average Bonchev–Trinajstić information content (AvgIpc) is 2.75. The summed E-state index contributed by atoms with van der Waals surface area (Å²) in [5, 5.41) is 9.68. The van der Waals surface area contributed by atoms with Crippen molar-refractivity contribution in [1.82, 2.24) is 9.80 Å². The molecule has 0 radical (unpaired) electrons. The number of hydrogen-bond donors (Lipinski definition) is 1. The molecule has 6 heteroatoms. The molecule has 0 unspecified atom stereocenters. The van der Waals surface area contributed by atoms with E-state index in [1.165, 1.54) is 0 Å². The summed E-state index contributed by atoms with van der Waals surface area (Å²) in [6.07, 6.45) is 1.46. The molecule has 2 aliphatic heterocycles. The lowest BCUT2D eigenvalue weighted by Crippen LogP contribution is -2.63. The molecule has 2 aromatic carbocycles. The van der Waals surface area contributed by atoms with E-state index < -0.39 is 0 Å². The van der Waals surface area contributed by atoms with Gasteiger partial charge in [-0.25, -0.2) is 4.79 Å². The van der Waals surface area contributed by atoms with Crippen molar-refractivity contribution in [2.45, 2.75) is 31.5 Å². The van der Waals surface area contributed by atoms with Crippen LogP contribution in [-0.4, -0.2) is 59.4 Å². The van der Waals surface area contributed by atoms with Gasteiger partial charge in [0, 0.05) is 26.2 Å². The fourth-order valence-corrected chi connectivity index (χ4v) is 4.27. The quantitative estimate of drug-likeness (QED) is 0.858. The normalized spacial score (nSPS) is 19.2. The van der Waals surface area contributed by atoms with Gasteiger partial charge in [-0.15, -0.1) is 0 Å². The number of rotatable bonds is 4. The predicted molar refractivity (Wildman–Crippen MR) is 110 cm³/mol. The Hall–Kier alpha value is -2.57. The monoisotopic (exact) mass is 396 g/mol. The topological polar surface area (TPSA) is 62.2 Å². The zero-order valence-electron chi connectivity index (χ0n) is 16.6. The summed E-state index contributed by atoms with van der Waals surface area (Å²) in [6.45, 7) is 4.52. The summed E-state index contributed by atoms with van der Waals surface area (Å²) >= 11 is 0. The molecule has 1 amide bonds. The molecule has 0 aromatic heterocycles. The average molecular weight is 396 g/mol. The second kappa shape index (κ2) is 8.84. The van der Waals surface area contributed by atoms with Gasteiger partial charge in [-0.2, -0.15) is 0 Å². The van der Waals surface area contributed by atoms with Crippen molar-refractivity contribution in [3.05, 3.63) is 65.7 Å². The summed E-state index contributed by atoms with van der Waals surface area (Å²) in [7, 11) is 0. The number of phenols is 1. The number of morpholine rings is 1. The minimum atomic E-state index is -0.290. The van der Waals surface area contributed by atoms with Crippen LogP contribution in [0.2, 0.25) is 0 Å². The highest BCUT2D eigenvalue weighted by atomic mass is 16.6. The highest BCUT2D eigenvalue weighted by Gasteiger charge is 2.45. The molecule has 154 valence electrons. The third-order valence-electron chi connectivity index (χ3n) is 5.93. The van der Waals surface area contributed by atoms with E-state index in [1.807, 2.05) is 47.4 Å². The van der Waals surface area contributed by atoms with Crippen LogP contribution in [-0.2, 0) is 22.6 Å². The van der Waals surface area contributed by atoms with Crippen molar-refractivity contribution < 1.29 is 19.4 Å². The maximum Gasteiger partial charge on any atom is 0.410 e. The molecule has 1 spiro atoms. The van der Waals surface area contributed by atoms with E-state index in [0.717, 1.165) is 43.6 Å². The molecular weight excluding hydrogens is 368 g/mol. The third-order valence-corrected chi connectivity index (χ3v) is 5.93. The highest BCUT2D eigenvalue weighted by Crippen LogP contribution is 2.33. The van der Waals surface area contributed by atoms with Crippen molar-refractivity contribution in [2.24, 2.45) is 0 Å². The van der Waals surface area contributed by atoms with Crippen LogP contribution in [0.3, 0.4) is 0 Å². The Morgan fingerprint density at radius 3 is 2.55 bits per heavy atom. The molecule has 29 heavy (non-hydrogen) atoms. The SMILES string of the molecule is O=C(OCc1ccccc1)N1CCOCC12CCN(Cc1cccc(O)c1)CC2. The van der Waals surface area contributed by atoms with Gasteiger partial charge in [-0.05, 0) is 36.1 Å². The second-order valence-electron chi connectivity index (χ2n) is 7.91. The number of nitrogens with zero attached hydrogens (tertiary/aromatic N) is 2. The summed E-state index contributed by atoms with van der Waals surface area (Å²) < 4.78 is 11.4. The molecule has 2 aliphatic rings. The molecule has 2 saturated heterocycles. The Morgan fingerprint density at radius 1 is 1.03 bits per heavy atom. The van der Waals surface area contributed by atoms with Crippen LogP contribution < -0.4 is 0 Å². The van der Waals surface area contributed by atoms with Gasteiger partial charge >= 0.3 is 6.09 Å². The van der Waals surface area contributed by atoms with Gasteiger partial charge in [-0.1, -0.05) is 42.5 Å².